The number of ether oxygens (including phenoxy) is 3. The van der Waals surface area contributed by atoms with Gasteiger partial charge in [0.15, 0.2) is 11.6 Å². The van der Waals surface area contributed by atoms with Crippen LogP contribution < -0.4 is 14.2 Å². The van der Waals surface area contributed by atoms with Gasteiger partial charge in [0.25, 0.3) is 0 Å². The van der Waals surface area contributed by atoms with E-state index in [2.05, 4.69) is 24.9 Å². The summed E-state index contributed by atoms with van der Waals surface area (Å²) in [6.07, 6.45) is 2.09. The molecule has 4 rings (SSSR count). The molecular weight excluding hydrogens is 531 g/mol. The number of nitrogens with zero attached hydrogens (tertiary/aromatic N) is 5. The number of halogens is 1. The Morgan fingerprint density at radius 3 is 2.28 bits per heavy atom. The van der Waals surface area contributed by atoms with Crippen LogP contribution in [-0.2, 0) is 14.8 Å². The molecule has 0 spiro atoms. The first-order valence-electron chi connectivity index (χ1n) is 11.9. The van der Waals surface area contributed by atoms with Gasteiger partial charge in [0.2, 0.25) is 21.8 Å². The number of hydrogen-bond acceptors (Lipinski definition) is 10. The number of para-hydroxylation sites is 1. The lowest BCUT2D eigenvalue weighted by molar-refractivity contribution is 0.191. The number of benzene rings is 1. The summed E-state index contributed by atoms with van der Waals surface area (Å²) in [6.45, 7) is 3.57. The van der Waals surface area contributed by atoms with Gasteiger partial charge in [-0.1, -0.05) is 13.0 Å². The Morgan fingerprint density at radius 2 is 1.72 bits per heavy atom. The van der Waals surface area contributed by atoms with Crippen molar-refractivity contribution in [2.75, 3.05) is 32.7 Å². The lowest BCUT2D eigenvalue weighted by atomic mass is 10.0. The van der Waals surface area contributed by atoms with Crippen molar-refractivity contribution in [3.63, 3.8) is 0 Å². The number of methoxy groups -OCH3 is 3. The Morgan fingerprint density at radius 1 is 1.05 bits per heavy atom. The topological polar surface area (TPSA) is 143 Å². The van der Waals surface area contributed by atoms with E-state index in [0.29, 0.717) is 28.7 Å². The maximum absolute atomic E-state index is 13.9. The van der Waals surface area contributed by atoms with E-state index in [4.69, 9.17) is 18.6 Å². The summed E-state index contributed by atoms with van der Waals surface area (Å²) in [5.74, 6) is 0.642. The monoisotopic (exact) mass is 560 g/mol. The van der Waals surface area contributed by atoms with Gasteiger partial charge in [-0.3, -0.25) is 9.29 Å². The molecule has 1 aromatic carbocycles. The molecule has 0 amide bonds. The number of hydrogen-bond donors (Lipinski definition) is 1. The number of aromatic nitrogens is 5. The number of nitrogens with one attached hydrogen (secondary N) is 1. The van der Waals surface area contributed by atoms with Gasteiger partial charge in [-0.15, -0.1) is 10.2 Å². The quantitative estimate of drug-likeness (QED) is 0.272. The average molecular weight is 561 g/mol. The van der Waals surface area contributed by atoms with Gasteiger partial charge in [0.1, 0.15) is 28.8 Å². The highest BCUT2D eigenvalue weighted by atomic mass is 32.2. The van der Waals surface area contributed by atoms with Crippen LogP contribution in [0.1, 0.15) is 30.8 Å². The second-order valence-electron chi connectivity index (χ2n) is 8.62. The van der Waals surface area contributed by atoms with E-state index in [-0.39, 0.29) is 30.6 Å². The molecule has 3 aromatic heterocycles. The first-order valence-corrected chi connectivity index (χ1v) is 13.5. The summed E-state index contributed by atoms with van der Waals surface area (Å²) in [5, 5.41) is 7.33. The fraction of sp³-hybridized carbons (Fsp3) is 0.360. The fourth-order valence-electron chi connectivity index (χ4n) is 4.16. The van der Waals surface area contributed by atoms with Crippen LogP contribution in [-0.4, -0.2) is 66.3 Å². The van der Waals surface area contributed by atoms with Crippen LogP contribution in [0.3, 0.4) is 0 Å². The molecule has 208 valence electrons. The van der Waals surface area contributed by atoms with Crippen molar-refractivity contribution >= 4 is 16.0 Å². The van der Waals surface area contributed by atoms with Crippen molar-refractivity contribution in [3.05, 3.63) is 60.1 Å². The van der Waals surface area contributed by atoms with Crippen molar-refractivity contribution in [1.82, 2.24) is 24.7 Å². The Kier molecular flexibility index (Phi) is 8.45. The van der Waals surface area contributed by atoms with Crippen LogP contribution >= 0.6 is 0 Å². The van der Waals surface area contributed by atoms with E-state index in [1.54, 1.807) is 44.2 Å². The fourth-order valence-corrected chi connectivity index (χ4v) is 5.77. The third-order valence-corrected chi connectivity index (χ3v) is 8.00. The van der Waals surface area contributed by atoms with Gasteiger partial charge < -0.3 is 18.6 Å². The van der Waals surface area contributed by atoms with E-state index in [1.807, 2.05) is 0 Å². The van der Waals surface area contributed by atoms with Crippen molar-refractivity contribution in [1.29, 1.82) is 0 Å². The minimum atomic E-state index is -4.18. The lowest BCUT2D eigenvalue weighted by Crippen LogP contribution is -2.35. The van der Waals surface area contributed by atoms with Crippen molar-refractivity contribution in [3.8, 4) is 28.8 Å². The Labute approximate surface area is 225 Å². The highest BCUT2D eigenvalue weighted by Crippen LogP contribution is 2.38. The van der Waals surface area contributed by atoms with Gasteiger partial charge in [0, 0.05) is 19.6 Å². The summed E-state index contributed by atoms with van der Waals surface area (Å²) in [5.41, 5.74) is 0.359. The summed E-state index contributed by atoms with van der Waals surface area (Å²) in [6, 6.07) is 8.58. The SMILES string of the molecule is COCC[C@@H]([C@H](C)c1ncc(F)cn1)S(=O)(=O)Nc1nnc(-c2ccc(C)o2)n1-c1c(OC)cccc1OC. The minimum Gasteiger partial charge on any atom is -0.494 e. The van der Waals surface area contributed by atoms with E-state index in [1.165, 1.54) is 25.9 Å². The first-order chi connectivity index (χ1) is 18.7. The van der Waals surface area contributed by atoms with Gasteiger partial charge in [-0.2, -0.15) is 0 Å². The zero-order valence-electron chi connectivity index (χ0n) is 22.1. The Bertz CT molecular complexity index is 1500. The minimum absolute atomic E-state index is 0.101. The standard InChI is InChI=1S/C25H29FN6O6S/c1-15-9-10-20(38-15)24-29-30-25(32(24)22-18(36-4)7-6-8-19(22)37-5)31-39(33,34)21(11-12-35-3)16(2)23-27-13-17(26)14-28-23/h6-10,13-14,16,21H,11-12H2,1-5H3,(H,30,31)/t16-,21-/m0/s1. The number of furan rings is 1. The molecule has 0 aliphatic carbocycles. The predicted octanol–water partition coefficient (Wildman–Crippen LogP) is 3.73. The molecule has 0 aliphatic rings. The molecule has 0 saturated carbocycles. The molecule has 12 nitrogen and oxygen atoms in total. The lowest BCUT2D eigenvalue weighted by Gasteiger charge is -2.24. The van der Waals surface area contributed by atoms with E-state index in [9.17, 15) is 12.8 Å². The second-order valence-corrected chi connectivity index (χ2v) is 10.5. The number of rotatable bonds is 12. The van der Waals surface area contributed by atoms with Crippen LogP contribution in [0.4, 0.5) is 10.3 Å². The summed E-state index contributed by atoms with van der Waals surface area (Å²) in [4.78, 5) is 7.97. The third kappa shape index (κ3) is 5.86. The molecule has 39 heavy (non-hydrogen) atoms. The maximum Gasteiger partial charge on any atom is 0.243 e. The largest absolute Gasteiger partial charge is 0.494 e. The summed E-state index contributed by atoms with van der Waals surface area (Å²) < 4.78 is 67.3. The van der Waals surface area contributed by atoms with E-state index >= 15 is 0 Å². The van der Waals surface area contributed by atoms with Gasteiger partial charge >= 0.3 is 0 Å². The average Bonchev–Trinajstić information content (AvgIpc) is 3.53. The molecule has 0 fully saturated rings. The number of anilines is 1. The van der Waals surface area contributed by atoms with Crippen LogP contribution in [0.5, 0.6) is 11.5 Å². The molecule has 3 heterocycles. The number of aryl methyl sites for hydroxylation is 1. The normalized spacial score (nSPS) is 13.2. The van der Waals surface area contributed by atoms with Gasteiger partial charge in [-0.05, 0) is 37.6 Å². The summed E-state index contributed by atoms with van der Waals surface area (Å²) >= 11 is 0. The Hall–Kier alpha value is -4.04. The van der Waals surface area contributed by atoms with Crippen LogP contribution in [0.2, 0.25) is 0 Å². The van der Waals surface area contributed by atoms with Gasteiger partial charge in [0.05, 0.1) is 31.9 Å². The third-order valence-electron chi connectivity index (χ3n) is 6.09. The van der Waals surface area contributed by atoms with Crippen molar-refractivity contribution < 1.29 is 31.4 Å². The molecule has 14 heteroatoms. The number of sulfonamides is 1. The Balaban J connectivity index is 1.84. The van der Waals surface area contributed by atoms with Crippen LogP contribution in [0.15, 0.2) is 47.1 Å². The molecule has 2 atom stereocenters. The van der Waals surface area contributed by atoms with Crippen LogP contribution in [0, 0.1) is 12.7 Å². The molecule has 0 unspecified atom stereocenters. The highest BCUT2D eigenvalue weighted by molar-refractivity contribution is 7.93. The maximum atomic E-state index is 13.9. The zero-order valence-corrected chi connectivity index (χ0v) is 22.9. The van der Waals surface area contributed by atoms with Gasteiger partial charge in [-0.25, -0.2) is 22.8 Å². The summed E-state index contributed by atoms with van der Waals surface area (Å²) in [7, 11) is 0.254. The molecule has 0 aliphatic heterocycles. The molecule has 0 saturated heterocycles. The molecule has 1 N–H and O–H groups in total. The van der Waals surface area contributed by atoms with E-state index < -0.39 is 27.0 Å². The molecule has 4 aromatic rings. The second kappa shape index (κ2) is 11.8. The van der Waals surface area contributed by atoms with E-state index in [0.717, 1.165) is 12.4 Å². The first kappa shape index (κ1) is 28.0. The molecule has 0 radical (unpaired) electrons. The smallest absolute Gasteiger partial charge is 0.243 e. The van der Waals surface area contributed by atoms with Crippen molar-refractivity contribution in [2.24, 2.45) is 0 Å². The predicted molar refractivity (Wildman–Crippen MR) is 140 cm³/mol. The highest BCUT2D eigenvalue weighted by Gasteiger charge is 2.35. The van der Waals surface area contributed by atoms with Crippen molar-refractivity contribution in [2.45, 2.75) is 31.4 Å². The zero-order chi connectivity index (χ0) is 28.2. The molecular formula is C25H29FN6O6S. The van der Waals surface area contributed by atoms with Crippen LogP contribution in [0.25, 0.3) is 17.3 Å². The molecule has 0 bridgehead atoms.